The predicted molar refractivity (Wildman–Crippen MR) is 84.8 cm³/mol. The zero-order valence-corrected chi connectivity index (χ0v) is 12.8. The molecule has 2 amide bonds. The van der Waals surface area contributed by atoms with Crippen molar-refractivity contribution in [3.8, 4) is 0 Å². The van der Waals surface area contributed by atoms with Gasteiger partial charge in [0.15, 0.2) is 0 Å². The predicted octanol–water partition coefficient (Wildman–Crippen LogP) is 1.32. The molecule has 22 heavy (non-hydrogen) atoms. The summed E-state index contributed by atoms with van der Waals surface area (Å²) in [5.74, 6) is -0.0957. The number of nitrogens with zero attached hydrogens (tertiary/aromatic N) is 3. The monoisotopic (exact) mass is 316 g/mol. The molecule has 0 spiro atoms. The van der Waals surface area contributed by atoms with Crippen LogP contribution < -0.4 is 5.73 Å². The van der Waals surface area contributed by atoms with Crippen LogP contribution in [0.25, 0.3) is 0 Å². The molecule has 0 bridgehead atoms. The minimum atomic E-state index is -0.0687. The number of amides is 2. The number of aromatic nitrogens is 1. The van der Waals surface area contributed by atoms with Crippen LogP contribution in [0.15, 0.2) is 35.2 Å². The van der Waals surface area contributed by atoms with Crippen LogP contribution in [0, 0.1) is 0 Å². The number of anilines is 1. The molecule has 0 radical (unpaired) electrons. The topological polar surface area (TPSA) is 79.5 Å². The largest absolute Gasteiger partial charge is 0.399 e. The Morgan fingerprint density at radius 2 is 1.59 bits per heavy atom. The summed E-state index contributed by atoms with van der Waals surface area (Å²) in [5, 5.41) is 1.74. The Balaban J connectivity index is 1.60. The first kappa shape index (κ1) is 14.5. The highest BCUT2D eigenvalue weighted by molar-refractivity contribution is 7.07. The van der Waals surface area contributed by atoms with E-state index in [1.54, 1.807) is 45.0 Å². The van der Waals surface area contributed by atoms with Crippen molar-refractivity contribution in [1.29, 1.82) is 0 Å². The van der Waals surface area contributed by atoms with Crippen LogP contribution in [0.2, 0.25) is 0 Å². The first-order valence-corrected chi connectivity index (χ1v) is 7.92. The molecule has 1 aliphatic heterocycles. The molecule has 3 rings (SSSR count). The van der Waals surface area contributed by atoms with Gasteiger partial charge in [0, 0.05) is 42.8 Å². The summed E-state index contributed by atoms with van der Waals surface area (Å²) in [6.45, 7) is 2.10. The maximum Gasteiger partial charge on any atom is 0.273 e. The number of hydrogen-bond donors (Lipinski definition) is 1. The van der Waals surface area contributed by atoms with Crippen molar-refractivity contribution in [1.82, 2.24) is 14.8 Å². The first-order valence-electron chi connectivity index (χ1n) is 6.97. The summed E-state index contributed by atoms with van der Waals surface area (Å²) in [7, 11) is 0. The number of carbonyl (C=O) groups is 2. The van der Waals surface area contributed by atoms with Crippen molar-refractivity contribution in [2.75, 3.05) is 31.9 Å². The van der Waals surface area contributed by atoms with E-state index < -0.39 is 0 Å². The molecule has 114 valence electrons. The summed E-state index contributed by atoms with van der Waals surface area (Å²) in [4.78, 5) is 32.1. The number of nitrogen functional groups attached to an aromatic ring is 1. The van der Waals surface area contributed by atoms with Gasteiger partial charge in [0.2, 0.25) is 0 Å². The Kier molecular flexibility index (Phi) is 4.06. The summed E-state index contributed by atoms with van der Waals surface area (Å²) < 4.78 is 0. The van der Waals surface area contributed by atoms with Crippen molar-refractivity contribution >= 4 is 28.8 Å². The van der Waals surface area contributed by atoms with Gasteiger partial charge in [0.1, 0.15) is 5.69 Å². The second-order valence-electron chi connectivity index (χ2n) is 5.08. The normalized spacial score (nSPS) is 14.9. The van der Waals surface area contributed by atoms with Gasteiger partial charge in [-0.2, -0.15) is 0 Å². The highest BCUT2D eigenvalue weighted by Gasteiger charge is 2.26. The highest BCUT2D eigenvalue weighted by atomic mass is 32.1. The fourth-order valence-corrected chi connectivity index (χ4v) is 2.93. The number of hydrogen-bond acceptors (Lipinski definition) is 5. The highest BCUT2D eigenvalue weighted by Crippen LogP contribution is 2.13. The molecule has 1 aromatic heterocycles. The van der Waals surface area contributed by atoms with E-state index in [9.17, 15) is 9.59 Å². The van der Waals surface area contributed by atoms with Gasteiger partial charge in [-0.05, 0) is 24.3 Å². The van der Waals surface area contributed by atoms with E-state index in [2.05, 4.69) is 4.98 Å². The van der Waals surface area contributed by atoms with Gasteiger partial charge in [-0.15, -0.1) is 11.3 Å². The van der Waals surface area contributed by atoms with E-state index in [1.807, 2.05) is 0 Å². The molecular formula is C15H16N4O2S. The second kappa shape index (κ2) is 6.15. The minimum Gasteiger partial charge on any atom is -0.399 e. The van der Waals surface area contributed by atoms with Crippen LogP contribution in [-0.2, 0) is 0 Å². The molecule has 0 unspecified atom stereocenters. The Morgan fingerprint density at radius 3 is 2.14 bits per heavy atom. The maximum absolute atomic E-state index is 12.4. The van der Waals surface area contributed by atoms with Crippen LogP contribution in [0.4, 0.5) is 5.69 Å². The second-order valence-corrected chi connectivity index (χ2v) is 5.80. The van der Waals surface area contributed by atoms with Gasteiger partial charge in [-0.1, -0.05) is 0 Å². The summed E-state index contributed by atoms with van der Waals surface area (Å²) in [6.07, 6.45) is 0. The number of thiazole rings is 1. The van der Waals surface area contributed by atoms with Crippen LogP contribution in [-0.4, -0.2) is 52.8 Å². The smallest absolute Gasteiger partial charge is 0.273 e. The number of carbonyl (C=O) groups excluding carboxylic acids is 2. The SMILES string of the molecule is Nc1ccc(C(=O)N2CCN(C(=O)c3cscn3)CC2)cc1. The van der Waals surface area contributed by atoms with Crippen molar-refractivity contribution < 1.29 is 9.59 Å². The quantitative estimate of drug-likeness (QED) is 0.848. The number of piperazine rings is 1. The average molecular weight is 316 g/mol. The third-order valence-electron chi connectivity index (χ3n) is 3.66. The van der Waals surface area contributed by atoms with Gasteiger partial charge < -0.3 is 15.5 Å². The third-order valence-corrected chi connectivity index (χ3v) is 4.25. The summed E-state index contributed by atoms with van der Waals surface area (Å²) in [5.41, 5.74) is 9.00. The Bertz CT molecular complexity index is 661. The lowest BCUT2D eigenvalue weighted by atomic mass is 10.1. The number of nitrogens with two attached hydrogens (primary N) is 1. The molecule has 0 atom stereocenters. The molecule has 2 aromatic rings. The zero-order valence-electron chi connectivity index (χ0n) is 11.9. The molecule has 2 heterocycles. The lowest BCUT2D eigenvalue weighted by Crippen LogP contribution is -2.50. The standard InChI is InChI=1S/C15H16N4O2S/c16-12-3-1-11(2-4-12)14(20)18-5-7-19(8-6-18)15(21)13-9-22-10-17-13/h1-4,9-10H,5-8,16H2. The molecule has 6 nitrogen and oxygen atoms in total. The summed E-state index contributed by atoms with van der Waals surface area (Å²) >= 11 is 1.40. The fourth-order valence-electron chi connectivity index (χ4n) is 2.40. The van der Waals surface area contributed by atoms with Crippen LogP contribution in [0.1, 0.15) is 20.8 Å². The number of benzene rings is 1. The van der Waals surface area contributed by atoms with E-state index >= 15 is 0 Å². The van der Waals surface area contributed by atoms with Crippen LogP contribution in [0.5, 0.6) is 0 Å². The molecule has 1 fully saturated rings. The fraction of sp³-hybridized carbons (Fsp3) is 0.267. The van der Waals surface area contributed by atoms with Gasteiger partial charge in [0.05, 0.1) is 5.51 Å². The van der Waals surface area contributed by atoms with Crippen molar-refractivity contribution in [2.45, 2.75) is 0 Å². The van der Waals surface area contributed by atoms with Gasteiger partial charge in [-0.25, -0.2) is 4.98 Å². The molecular weight excluding hydrogens is 300 g/mol. The third kappa shape index (κ3) is 2.94. The van der Waals surface area contributed by atoms with E-state index in [0.29, 0.717) is 43.1 Å². The molecule has 1 aliphatic rings. The molecule has 0 aliphatic carbocycles. The van der Waals surface area contributed by atoms with Crippen molar-refractivity contribution in [3.05, 3.63) is 46.4 Å². The Labute approximate surface area is 132 Å². The molecule has 0 saturated carbocycles. The number of rotatable bonds is 2. The average Bonchev–Trinajstić information content (AvgIpc) is 3.09. The molecule has 1 saturated heterocycles. The van der Waals surface area contributed by atoms with E-state index in [0.717, 1.165) is 0 Å². The van der Waals surface area contributed by atoms with Crippen LogP contribution >= 0.6 is 11.3 Å². The van der Waals surface area contributed by atoms with Gasteiger partial charge in [0.25, 0.3) is 11.8 Å². The molecule has 1 aromatic carbocycles. The van der Waals surface area contributed by atoms with E-state index in [-0.39, 0.29) is 11.8 Å². The molecule has 7 heteroatoms. The maximum atomic E-state index is 12.4. The van der Waals surface area contributed by atoms with E-state index in [1.165, 1.54) is 11.3 Å². The first-order chi connectivity index (χ1) is 10.6. The Morgan fingerprint density at radius 1 is 1.00 bits per heavy atom. The van der Waals surface area contributed by atoms with Crippen molar-refractivity contribution in [2.24, 2.45) is 0 Å². The molecule has 2 N–H and O–H groups in total. The zero-order chi connectivity index (χ0) is 15.5. The van der Waals surface area contributed by atoms with E-state index in [4.69, 9.17) is 5.73 Å². The van der Waals surface area contributed by atoms with Crippen LogP contribution in [0.3, 0.4) is 0 Å². The summed E-state index contributed by atoms with van der Waals surface area (Å²) in [6, 6.07) is 6.89. The van der Waals surface area contributed by atoms with Crippen molar-refractivity contribution in [3.63, 3.8) is 0 Å². The Hall–Kier alpha value is -2.41. The lowest BCUT2D eigenvalue weighted by Gasteiger charge is -2.34. The van der Waals surface area contributed by atoms with Gasteiger partial charge >= 0.3 is 0 Å². The lowest BCUT2D eigenvalue weighted by molar-refractivity contribution is 0.0533. The minimum absolute atomic E-state index is 0.0271. The van der Waals surface area contributed by atoms with Gasteiger partial charge in [-0.3, -0.25) is 9.59 Å².